The van der Waals surface area contributed by atoms with Crippen LogP contribution in [0.5, 0.6) is 5.75 Å². The van der Waals surface area contributed by atoms with Gasteiger partial charge in [0, 0.05) is 18.6 Å². The lowest BCUT2D eigenvalue weighted by molar-refractivity contribution is -0.149. The van der Waals surface area contributed by atoms with Crippen molar-refractivity contribution < 1.29 is 23.8 Å². The zero-order valence-electron chi connectivity index (χ0n) is 20.3. The van der Waals surface area contributed by atoms with Crippen molar-refractivity contribution in [3.63, 3.8) is 0 Å². The molecule has 0 aliphatic rings. The summed E-state index contributed by atoms with van der Waals surface area (Å²) in [5, 5.41) is 9.32. The fourth-order valence-corrected chi connectivity index (χ4v) is 3.56. The van der Waals surface area contributed by atoms with Crippen molar-refractivity contribution in [1.82, 2.24) is 4.98 Å². The SMILES string of the molecule is CCOC(Cc1ccc(OCc2nc(-c3ccc(C(C)(C)C)cc3)oc2C)cc1C)C(=O)O. The fourth-order valence-electron chi connectivity index (χ4n) is 3.56. The number of hydrogen-bond donors (Lipinski definition) is 1. The maximum Gasteiger partial charge on any atom is 0.333 e. The zero-order chi connectivity index (χ0) is 24.2. The molecule has 1 N–H and O–H groups in total. The van der Waals surface area contributed by atoms with Crippen LogP contribution < -0.4 is 4.74 Å². The summed E-state index contributed by atoms with van der Waals surface area (Å²) in [5.41, 5.74) is 4.90. The number of benzene rings is 2. The van der Waals surface area contributed by atoms with Gasteiger partial charge in [0.15, 0.2) is 6.10 Å². The minimum absolute atomic E-state index is 0.0925. The number of hydrogen-bond acceptors (Lipinski definition) is 5. The third-order valence-corrected chi connectivity index (χ3v) is 5.63. The molecule has 0 spiro atoms. The molecule has 0 amide bonds. The van der Waals surface area contributed by atoms with Crippen LogP contribution >= 0.6 is 0 Å². The molecule has 1 unspecified atom stereocenters. The van der Waals surface area contributed by atoms with Gasteiger partial charge in [0.25, 0.3) is 0 Å². The van der Waals surface area contributed by atoms with E-state index in [9.17, 15) is 9.90 Å². The summed E-state index contributed by atoms with van der Waals surface area (Å²) in [6.07, 6.45) is -0.538. The van der Waals surface area contributed by atoms with Gasteiger partial charge in [-0.05, 0) is 67.1 Å². The second kappa shape index (κ2) is 10.2. The molecule has 1 atom stereocenters. The van der Waals surface area contributed by atoms with E-state index in [0.29, 0.717) is 24.7 Å². The lowest BCUT2D eigenvalue weighted by atomic mass is 9.87. The van der Waals surface area contributed by atoms with Crippen LogP contribution in [0.15, 0.2) is 46.9 Å². The highest BCUT2D eigenvalue weighted by atomic mass is 16.5. The van der Waals surface area contributed by atoms with Gasteiger partial charge in [-0.1, -0.05) is 39.0 Å². The monoisotopic (exact) mass is 451 g/mol. The minimum Gasteiger partial charge on any atom is -0.487 e. The molecule has 3 rings (SSSR count). The number of carboxylic acid groups (broad SMARTS) is 1. The number of oxazole rings is 1. The van der Waals surface area contributed by atoms with Gasteiger partial charge in [0.1, 0.15) is 23.8 Å². The van der Waals surface area contributed by atoms with Crippen molar-refractivity contribution in [3.05, 3.63) is 70.6 Å². The Labute approximate surface area is 195 Å². The molecule has 1 aromatic heterocycles. The van der Waals surface area contributed by atoms with Gasteiger partial charge < -0.3 is 19.0 Å². The second-order valence-electron chi connectivity index (χ2n) is 9.21. The predicted molar refractivity (Wildman–Crippen MR) is 128 cm³/mol. The Morgan fingerprint density at radius 3 is 2.39 bits per heavy atom. The first-order valence-electron chi connectivity index (χ1n) is 11.2. The molecule has 0 fully saturated rings. The van der Waals surface area contributed by atoms with Gasteiger partial charge in [-0.15, -0.1) is 0 Å². The highest BCUT2D eigenvalue weighted by molar-refractivity contribution is 5.72. The summed E-state index contributed by atoms with van der Waals surface area (Å²) in [7, 11) is 0. The van der Waals surface area contributed by atoms with Gasteiger partial charge in [0.2, 0.25) is 5.89 Å². The van der Waals surface area contributed by atoms with Crippen LogP contribution in [-0.2, 0) is 28.0 Å². The minimum atomic E-state index is -0.957. The first-order valence-corrected chi connectivity index (χ1v) is 11.2. The van der Waals surface area contributed by atoms with E-state index in [-0.39, 0.29) is 12.0 Å². The van der Waals surface area contributed by atoms with E-state index in [1.54, 1.807) is 6.92 Å². The van der Waals surface area contributed by atoms with E-state index in [2.05, 4.69) is 37.9 Å². The molecule has 6 heteroatoms. The largest absolute Gasteiger partial charge is 0.487 e. The molecule has 0 radical (unpaired) electrons. The van der Waals surface area contributed by atoms with E-state index in [4.69, 9.17) is 13.9 Å². The summed E-state index contributed by atoms with van der Waals surface area (Å²) in [6.45, 7) is 12.8. The van der Waals surface area contributed by atoms with Gasteiger partial charge in [-0.25, -0.2) is 9.78 Å². The molecule has 3 aromatic rings. The lowest BCUT2D eigenvalue weighted by Gasteiger charge is -2.18. The number of ether oxygens (including phenoxy) is 2. The topological polar surface area (TPSA) is 81.8 Å². The number of carbonyl (C=O) groups is 1. The predicted octanol–water partition coefficient (Wildman–Crippen LogP) is 5.87. The highest BCUT2D eigenvalue weighted by Crippen LogP contribution is 2.27. The quantitative estimate of drug-likeness (QED) is 0.438. The van der Waals surface area contributed by atoms with E-state index < -0.39 is 12.1 Å². The van der Waals surface area contributed by atoms with Crippen LogP contribution in [0.2, 0.25) is 0 Å². The van der Waals surface area contributed by atoms with Crippen molar-refractivity contribution in [2.45, 2.75) is 66.1 Å². The normalized spacial score (nSPS) is 12.5. The molecule has 176 valence electrons. The molecule has 1 heterocycles. The highest BCUT2D eigenvalue weighted by Gasteiger charge is 2.19. The summed E-state index contributed by atoms with van der Waals surface area (Å²) in [6, 6.07) is 13.9. The first kappa shape index (κ1) is 24.5. The Bertz CT molecular complexity index is 1090. The van der Waals surface area contributed by atoms with Crippen LogP contribution in [0.3, 0.4) is 0 Å². The maximum atomic E-state index is 11.4. The number of aromatic nitrogens is 1. The molecule has 6 nitrogen and oxygen atoms in total. The third kappa shape index (κ3) is 6.23. The van der Waals surface area contributed by atoms with Gasteiger partial charge >= 0.3 is 5.97 Å². The maximum absolute atomic E-state index is 11.4. The van der Waals surface area contributed by atoms with E-state index in [1.165, 1.54) is 5.56 Å². The van der Waals surface area contributed by atoms with Gasteiger partial charge in [0.05, 0.1) is 0 Å². The Morgan fingerprint density at radius 1 is 1.12 bits per heavy atom. The number of nitrogens with zero attached hydrogens (tertiary/aromatic N) is 1. The molecule has 0 bridgehead atoms. The van der Waals surface area contributed by atoms with Crippen LogP contribution in [0.1, 0.15) is 55.8 Å². The standard InChI is InChI=1S/C27H33NO5/c1-7-31-24(26(29)30)15-20-10-13-22(14-17(20)2)32-16-23-18(3)33-25(28-23)19-8-11-21(12-9-19)27(4,5)6/h8-14,24H,7,15-16H2,1-6H3,(H,29,30). The summed E-state index contributed by atoms with van der Waals surface area (Å²) >= 11 is 0. The lowest BCUT2D eigenvalue weighted by Crippen LogP contribution is -2.26. The average molecular weight is 452 g/mol. The second-order valence-corrected chi connectivity index (χ2v) is 9.21. The molecule has 0 aliphatic heterocycles. The third-order valence-electron chi connectivity index (χ3n) is 5.63. The smallest absolute Gasteiger partial charge is 0.333 e. The van der Waals surface area contributed by atoms with Crippen molar-refractivity contribution in [3.8, 4) is 17.2 Å². The van der Waals surface area contributed by atoms with Crippen molar-refractivity contribution in [2.75, 3.05) is 6.61 Å². The summed E-state index contributed by atoms with van der Waals surface area (Å²) < 4.78 is 17.2. The fraction of sp³-hybridized carbons (Fsp3) is 0.407. The number of aliphatic carboxylic acids is 1. The van der Waals surface area contributed by atoms with E-state index in [1.807, 2.05) is 44.2 Å². The van der Waals surface area contributed by atoms with Gasteiger partial charge in [-0.2, -0.15) is 0 Å². The Morgan fingerprint density at radius 2 is 1.82 bits per heavy atom. The molecular formula is C27H33NO5. The van der Waals surface area contributed by atoms with Gasteiger partial charge in [-0.3, -0.25) is 0 Å². The number of rotatable bonds is 9. The van der Waals surface area contributed by atoms with E-state index >= 15 is 0 Å². The Balaban J connectivity index is 1.67. The van der Waals surface area contributed by atoms with Crippen LogP contribution in [0, 0.1) is 13.8 Å². The molecular weight excluding hydrogens is 418 g/mol. The van der Waals surface area contributed by atoms with Crippen molar-refractivity contribution in [2.24, 2.45) is 0 Å². The summed E-state index contributed by atoms with van der Waals surface area (Å²) in [5.74, 6) is 1.04. The van der Waals surface area contributed by atoms with Crippen molar-refractivity contribution >= 4 is 5.97 Å². The zero-order valence-corrected chi connectivity index (χ0v) is 20.3. The Hall–Kier alpha value is -3.12. The number of aryl methyl sites for hydroxylation is 2. The molecule has 0 saturated carbocycles. The van der Waals surface area contributed by atoms with Crippen LogP contribution in [-0.4, -0.2) is 28.8 Å². The van der Waals surface area contributed by atoms with Crippen LogP contribution in [0.4, 0.5) is 0 Å². The molecule has 2 aromatic carbocycles. The number of carboxylic acids is 1. The average Bonchev–Trinajstić information content (AvgIpc) is 3.13. The molecule has 33 heavy (non-hydrogen) atoms. The van der Waals surface area contributed by atoms with E-state index in [0.717, 1.165) is 28.1 Å². The summed E-state index contributed by atoms with van der Waals surface area (Å²) in [4.78, 5) is 16.0. The first-order chi connectivity index (χ1) is 15.6. The molecule has 0 saturated heterocycles. The Kier molecular flexibility index (Phi) is 7.59. The van der Waals surface area contributed by atoms with Crippen molar-refractivity contribution in [1.29, 1.82) is 0 Å². The molecule has 0 aliphatic carbocycles. The van der Waals surface area contributed by atoms with Crippen LogP contribution in [0.25, 0.3) is 11.5 Å².